The summed E-state index contributed by atoms with van der Waals surface area (Å²) < 4.78 is 0. The van der Waals surface area contributed by atoms with Crippen molar-refractivity contribution in [3.05, 3.63) is 241 Å². The lowest BCUT2D eigenvalue weighted by Gasteiger charge is -2.32. The van der Waals surface area contributed by atoms with Gasteiger partial charge >= 0.3 is 0 Å². The second-order valence-electron chi connectivity index (χ2n) is 17.0. The molecule has 0 atom stereocenters. The molecule has 280 valence electrons. The lowest BCUT2D eigenvalue weighted by Crippen LogP contribution is -2.26. The van der Waals surface area contributed by atoms with Gasteiger partial charge in [-0.15, -0.1) is 0 Å². The van der Waals surface area contributed by atoms with Gasteiger partial charge in [-0.1, -0.05) is 200 Å². The van der Waals surface area contributed by atoms with Crippen molar-refractivity contribution >= 4 is 64.6 Å². The summed E-state index contributed by atoms with van der Waals surface area (Å²) in [4.78, 5) is 0. The van der Waals surface area contributed by atoms with E-state index < -0.39 is 5.41 Å². The maximum Gasteiger partial charge on any atom is 0.0731 e. The van der Waals surface area contributed by atoms with Crippen molar-refractivity contribution in [2.24, 2.45) is 0 Å². The maximum atomic E-state index is 2.52. The summed E-state index contributed by atoms with van der Waals surface area (Å²) in [6, 6.07) is 82.5. The predicted octanol–water partition coefficient (Wildman–Crippen LogP) is 16.3. The number of fused-ring (bicyclic) bond motifs is 19. The van der Waals surface area contributed by atoms with Crippen molar-refractivity contribution < 1.29 is 0 Å². The van der Waals surface area contributed by atoms with Gasteiger partial charge < -0.3 is 0 Å². The van der Waals surface area contributed by atoms with Gasteiger partial charge in [0.25, 0.3) is 0 Å². The summed E-state index contributed by atoms with van der Waals surface area (Å²) in [5.74, 6) is 0. The van der Waals surface area contributed by atoms with E-state index in [9.17, 15) is 0 Å². The lowest BCUT2D eigenvalue weighted by molar-refractivity contribution is 0.803. The monoisotopic (exact) mass is 768 g/mol. The van der Waals surface area contributed by atoms with Crippen LogP contribution >= 0.6 is 0 Å². The fourth-order valence-electron chi connectivity index (χ4n) is 11.9. The zero-order valence-corrected chi connectivity index (χ0v) is 33.3. The Bertz CT molecular complexity index is 3770. The Hall–Kier alpha value is -7.80. The average molecular weight is 769 g/mol. The molecule has 12 aromatic rings. The van der Waals surface area contributed by atoms with Crippen molar-refractivity contribution in [3.8, 4) is 44.5 Å². The van der Waals surface area contributed by atoms with Gasteiger partial charge in [0, 0.05) is 0 Å². The zero-order valence-electron chi connectivity index (χ0n) is 33.3. The molecule has 0 saturated carbocycles. The zero-order chi connectivity index (χ0) is 39.8. The molecule has 2 aliphatic carbocycles. The third kappa shape index (κ3) is 4.24. The Morgan fingerprint density at radius 3 is 1.36 bits per heavy atom. The first-order chi connectivity index (χ1) is 30.3. The first-order valence-corrected chi connectivity index (χ1v) is 21.4. The minimum atomic E-state index is -0.481. The van der Waals surface area contributed by atoms with E-state index in [2.05, 4.69) is 218 Å². The van der Waals surface area contributed by atoms with Crippen LogP contribution in [0.1, 0.15) is 22.3 Å². The smallest absolute Gasteiger partial charge is 0.0619 e. The quantitative estimate of drug-likeness (QED) is 0.121. The highest BCUT2D eigenvalue weighted by atomic mass is 14.5. The van der Waals surface area contributed by atoms with Crippen LogP contribution in [0.2, 0.25) is 0 Å². The summed E-state index contributed by atoms with van der Waals surface area (Å²) in [6.07, 6.45) is 0. The average Bonchev–Trinajstić information content (AvgIpc) is 3.79. The first kappa shape index (κ1) is 33.1. The second-order valence-corrected chi connectivity index (χ2v) is 17.0. The topological polar surface area (TPSA) is 0 Å². The molecule has 0 bridgehead atoms. The van der Waals surface area contributed by atoms with E-state index in [-0.39, 0.29) is 0 Å². The van der Waals surface area contributed by atoms with E-state index in [1.165, 1.54) is 131 Å². The van der Waals surface area contributed by atoms with Crippen molar-refractivity contribution in [1.29, 1.82) is 0 Å². The molecule has 0 nitrogen and oxygen atoms in total. The van der Waals surface area contributed by atoms with Crippen molar-refractivity contribution in [3.63, 3.8) is 0 Å². The third-order valence-corrected chi connectivity index (χ3v) is 14.2. The number of benzene rings is 12. The van der Waals surface area contributed by atoms with Gasteiger partial charge in [0.2, 0.25) is 0 Å². The van der Waals surface area contributed by atoms with Crippen LogP contribution in [0.25, 0.3) is 109 Å². The molecule has 61 heavy (non-hydrogen) atoms. The first-order valence-electron chi connectivity index (χ1n) is 21.4. The highest BCUT2D eigenvalue weighted by Gasteiger charge is 2.53. The Kier molecular flexibility index (Phi) is 6.58. The van der Waals surface area contributed by atoms with E-state index in [1.54, 1.807) is 0 Å². The molecule has 0 aliphatic heterocycles. The molecule has 0 heterocycles. The standard InChI is InChI=1S/C61H36/c1-2-18-39-36-56-53(34-38(39)17-1)59-46-24-6-5-21-42(46)52-35-40(32-33-51(52)60(59)61(56)54-30-13-11-22-43(54)44-23-12-14-31-55(44)61)57-47-25-7-9-27-49(47)58(50-28-10-8-26-48(50)57)45-29-15-19-37-16-3-4-20-41(37)45/h1-36H. The Morgan fingerprint density at radius 2 is 0.705 bits per heavy atom. The van der Waals surface area contributed by atoms with E-state index in [4.69, 9.17) is 0 Å². The molecule has 0 fully saturated rings. The number of hydrogen-bond acceptors (Lipinski definition) is 0. The van der Waals surface area contributed by atoms with Gasteiger partial charge in [0.1, 0.15) is 0 Å². The van der Waals surface area contributed by atoms with Crippen molar-refractivity contribution in [2.45, 2.75) is 5.41 Å². The molecule has 0 heteroatoms. The van der Waals surface area contributed by atoms with E-state index in [0.29, 0.717) is 0 Å². The highest BCUT2D eigenvalue weighted by molar-refractivity contribution is 6.26. The third-order valence-electron chi connectivity index (χ3n) is 14.2. The van der Waals surface area contributed by atoms with Crippen LogP contribution in [0.4, 0.5) is 0 Å². The minimum Gasteiger partial charge on any atom is -0.0619 e. The summed E-state index contributed by atoms with van der Waals surface area (Å²) in [5.41, 5.74) is 15.5. The lowest BCUT2D eigenvalue weighted by atomic mass is 9.69. The summed E-state index contributed by atoms with van der Waals surface area (Å²) in [6.45, 7) is 0. The Labute approximate surface area is 353 Å². The number of rotatable bonds is 2. The molecule has 0 aromatic heterocycles. The molecule has 0 unspecified atom stereocenters. The highest BCUT2D eigenvalue weighted by Crippen LogP contribution is 2.66. The van der Waals surface area contributed by atoms with Gasteiger partial charge in [-0.3, -0.25) is 0 Å². The Morgan fingerprint density at radius 1 is 0.230 bits per heavy atom. The van der Waals surface area contributed by atoms with E-state index >= 15 is 0 Å². The van der Waals surface area contributed by atoms with Crippen LogP contribution in [0, 0.1) is 0 Å². The molecule has 0 N–H and O–H groups in total. The van der Waals surface area contributed by atoms with Crippen LogP contribution in [0.15, 0.2) is 218 Å². The molecule has 0 radical (unpaired) electrons. The molecule has 2 aliphatic rings. The van der Waals surface area contributed by atoms with Gasteiger partial charge in [-0.05, 0) is 150 Å². The van der Waals surface area contributed by atoms with Gasteiger partial charge in [0.05, 0.1) is 5.41 Å². The molecule has 14 rings (SSSR count). The largest absolute Gasteiger partial charge is 0.0731 e. The van der Waals surface area contributed by atoms with Crippen LogP contribution in [-0.4, -0.2) is 0 Å². The van der Waals surface area contributed by atoms with E-state index in [0.717, 1.165) is 0 Å². The molecule has 1 spiro atoms. The molecular formula is C61H36. The molecule has 0 amide bonds. The SMILES string of the molecule is c1ccc2c(c1)-c1ccccc1C21c2cc3ccccc3cc2-c2c1c1ccc(-c3c4ccccc4c(-c4cccc5ccccc45)c4ccccc34)cc1c1ccccc21. The van der Waals surface area contributed by atoms with Crippen LogP contribution in [-0.2, 0) is 5.41 Å². The molecular weight excluding hydrogens is 733 g/mol. The second kappa shape index (κ2) is 12.1. The number of hydrogen-bond donors (Lipinski definition) is 0. The Balaban J connectivity index is 1.13. The fourth-order valence-corrected chi connectivity index (χ4v) is 11.9. The predicted molar refractivity (Wildman–Crippen MR) is 259 cm³/mol. The maximum absolute atomic E-state index is 2.52. The molecule has 0 saturated heterocycles. The van der Waals surface area contributed by atoms with Gasteiger partial charge in [-0.25, -0.2) is 0 Å². The van der Waals surface area contributed by atoms with Gasteiger partial charge in [-0.2, -0.15) is 0 Å². The van der Waals surface area contributed by atoms with E-state index in [1.807, 2.05) is 0 Å². The van der Waals surface area contributed by atoms with Crippen LogP contribution < -0.4 is 0 Å². The summed E-state index contributed by atoms with van der Waals surface area (Å²) >= 11 is 0. The minimum absolute atomic E-state index is 0.481. The van der Waals surface area contributed by atoms with Gasteiger partial charge in [0.15, 0.2) is 0 Å². The van der Waals surface area contributed by atoms with Crippen LogP contribution in [0.3, 0.4) is 0 Å². The van der Waals surface area contributed by atoms with Crippen molar-refractivity contribution in [1.82, 2.24) is 0 Å². The fraction of sp³-hybridized carbons (Fsp3) is 0.0164. The summed E-state index contributed by atoms with van der Waals surface area (Å²) in [5, 5.41) is 15.3. The van der Waals surface area contributed by atoms with Crippen molar-refractivity contribution in [2.75, 3.05) is 0 Å². The molecule has 12 aromatic carbocycles. The summed E-state index contributed by atoms with van der Waals surface area (Å²) in [7, 11) is 0. The normalized spacial score (nSPS) is 13.4. The van der Waals surface area contributed by atoms with Crippen LogP contribution in [0.5, 0.6) is 0 Å².